The van der Waals surface area contributed by atoms with Gasteiger partial charge in [0.2, 0.25) is 5.91 Å². The molecule has 2 atom stereocenters. The molecular weight excluding hydrogens is 282 g/mol. The predicted molar refractivity (Wildman–Crippen MR) is 80.1 cm³/mol. The van der Waals surface area contributed by atoms with Gasteiger partial charge < -0.3 is 9.64 Å². The van der Waals surface area contributed by atoms with Crippen LogP contribution in [0.4, 0.5) is 0 Å². The largest absolute Gasteiger partial charge is 0.464 e. The molecule has 0 radical (unpaired) electrons. The van der Waals surface area contributed by atoms with E-state index in [1.165, 1.54) is 0 Å². The molecule has 6 heteroatoms. The highest BCUT2D eigenvalue weighted by Gasteiger charge is 2.45. The maximum atomic E-state index is 12.0. The zero-order valence-electron chi connectivity index (χ0n) is 13.0. The third kappa shape index (κ3) is 3.48. The van der Waals surface area contributed by atoms with Crippen LogP contribution in [0.2, 0.25) is 0 Å². The van der Waals surface area contributed by atoms with Crippen molar-refractivity contribution in [3.05, 3.63) is 18.0 Å². The average molecular weight is 305 g/mol. The maximum absolute atomic E-state index is 12.0. The second-order valence-electron chi connectivity index (χ2n) is 6.25. The monoisotopic (exact) mass is 305 g/mol. The topological polar surface area (TPSA) is 64.4 Å². The van der Waals surface area contributed by atoms with Crippen molar-refractivity contribution in [1.82, 2.24) is 14.7 Å². The zero-order valence-corrected chi connectivity index (χ0v) is 13.0. The lowest BCUT2D eigenvalue weighted by Gasteiger charge is -2.20. The first-order valence-electron chi connectivity index (χ1n) is 8.08. The average Bonchev–Trinajstić information content (AvgIpc) is 3.22. The van der Waals surface area contributed by atoms with Gasteiger partial charge >= 0.3 is 5.97 Å². The molecule has 120 valence electrons. The van der Waals surface area contributed by atoms with Crippen LogP contribution in [0.25, 0.3) is 0 Å². The smallest absolute Gasteiger partial charge is 0.309 e. The highest BCUT2D eigenvalue weighted by atomic mass is 16.5. The fourth-order valence-electron chi connectivity index (χ4n) is 3.09. The molecule has 1 amide bonds. The normalized spacial score (nSPS) is 25.0. The molecule has 1 aliphatic carbocycles. The third-order valence-electron chi connectivity index (χ3n) is 4.52. The molecule has 2 fully saturated rings. The predicted octanol–water partition coefficient (Wildman–Crippen LogP) is 1.47. The highest BCUT2D eigenvalue weighted by Crippen LogP contribution is 2.47. The summed E-state index contributed by atoms with van der Waals surface area (Å²) in [5, 5.41) is 4.13. The van der Waals surface area contributed by atoms with Gasteiger partial charge in [0, 0.05) is 32.1 Å². The summed E-state index contributed by atoms with van der Waals surface area (Å²) < 4.78 is 7.11. The van der Waals surface area contributed by atoms with E-state index in [0.29, 0.717) is 19.6 Å². The fraction of sp³-hybridized carbons (Fsp3) is 0.688. The van der Waals surface area contributed by atoms with Gasteiger partial charge in [-0.1, -0.05) is 6.42 Å². The second kappa shape index (κ2) is 6.50. The van der Waals surface area contributed by atoms with Gasteiger partial charge in [0.25, 0.3) is 0 Å². The minimum atomic E-state index is -0.142. The van der Waals surface area contributed by atoms with Gasteiger partial charge in [0.05, 0.1) is 18.7 Å². The van der Waals surface area contributed by atoms with Gasteiger partial charge in [0.1, 0.15) is 6.61 Å². The lowest BCUT2D eigenvalue weighted by atomic mass is 10.2. The summed E-state index contributed by atoms with van der Waals surface area (Å²) in [6.45, 7) is 1.62. The number of rotatable bonds is 5. The molecule has 2 aliphatic rings. The van der Waals surface area contributed by atoms with Crippen molar-refractivity contribution in [2.24, 2.45) is 13.0 Å². The van der Waals surface area contributed by atoms with Crippen LogP contribution in [0.5, 0.6) is 0 Å². The van der Waals surface area contributed by atoms with E-state index in [4.69, 9.17) is 4.74 Å². The number of aromatic nitrogens is 2. The van der Waals surface area contributed by atoms with Crippen LogP contribution < -0.4 is 0 Å². The number of esters is 1. The van der Waals surface area contributed by atoms with Crippen LogP contribution in [0, 0.1) is 5.92 Å². The number of likely N-dealkylation sites (tertiary alicyclic amines) is 1. The van der Waals surface area contributed by atoms with Crippen LogP contribution >= 0.6 is 0 Å². The van der Waals surface area contributed by atoms with E-state index in [1.807, 2.05) is 24.3 Å². The molecule has 1 aromatic rings. The molecular formula is C16H23N3O3. The molecule has 2 unspecified atom stereocenters. The molecule has 6 nitrogen and oxygen atoms in total. The van der Waals surface area contributed by atoms with Gasteiger partial charge in [-0.2, -0.15) is 5.10 Å². The highest BCUT2D eigenvalue weighted by molar-refractivity contribution is 5.78. The Morgan fingerprint density at radius 2 is 2.27 bits per heavy atom. The first-order chi connectivity index (χ1) is 10.6. The lowest BCUT2D eigenvalue weighted by molar-refractivity contribution is -0.147. The molecule has 1 saturated heterocycles. The van der Waals surface area contributed by atoms with Crippen molar-refractivity contribution < 1.29 is 14.3 Å². The number of ether oxygens (including phenoxy) is 1. The number of carbonyl (C=O) groups is 2. The summed E-state index contributed by atoms with van der Waals surface area (Å²) >= 11 is 0. The van der Waals surface area contributed by atoms with Crippen LogP contribution in [-0.4, -0.2) is 46.3 Å². The van der Waals surface area contributed by atoms with E-state index < -0.39 is 0 Å². The molecule has 1 aromatic heterocycles. The molecule has 3 rings (SSSR count). The summed E-state index contributed by atoms with van der Waals surface area (Å²) in [6.07, 6.45) is 8.36. The molecule has 1 aliphatic heterocycles. The number of aryl methyl sites for hydroxylation is 1. The van der Waals surface area contributed by atoms with Crippen molar-refractivity contribution >= 4 is 11.9 Å². The summed E-state index contributed by atoms with van der Waals surface area (Å²) in [7, 11) is 1.87. The second-order valence-corrected chi connectivity index (χ2v) is 6.25. The van der Waals surface area contributed by atoms with Gasteiger partial charge in [-0.3, -0.25) is 14.3 Å². The Kier molecular flexibility index (Phi) is 4.45. The summed E-state index contributed by atoms with van der Waals surface area (Å²) in [6, 6.07) is 0. The third-order valence-corrected chi connectivity index (χ3v) is 4.52. The quantitative estimate of drug-likeness (QED) is 0.773. The summed E-state index contributed by atoms with van der Waals surface area (Å²) in [4.78, 5) is 25.7. The van der Waals surface area contributed by atoms with E-state index in [9.17, 15) is 9.59 Å². The first-order valence-corrected chi connectivity index (χ1v) is 8.08. The van der Waals surface area contributed by atoms with E-state index >= 15 is 0 Å². The standard InChI is InChI=1S/C16H23N3O3/c1-18-11-12(10-17-18)13-9-14(13)16(21)22-8-7-19-6-4-2-3-5-15(19)20/h10-11,13-14H,2-9H2,1H3. The van der Waals surface area contributed by atoms with Crippen LogP contribution in [0.15, 0.2) is 12.4 Å². The van der Waals surface area contributed by atoms with Gasteiger partial charge in [-0.25, -0.2) is 0 Å². The minimum absolute atomic E-state index is 0.0379. The molecule has 0 spiro atoms. The Balaban J connectivity index is 1.41. The number of hydrogen-bond donors (Lipinski definition) is 0. The summed E-state index contributed by atoms with van der Waals surface area (Å²) in [5.74, 6) is 0.259. The van der Waals surface area contributed by atoms with Crippen LogP contribution in [0.3, 0.4) is 0 Å². The van der Waals surface area contributed by atoms with Crippen LogP contribution in [0.1, 0.15) is 43.6 Å². The van der Waals surface area contributed by atoms with E-state index in [-0.39, 0.29) is 23.7 Å². The van der Waals surface area contributed by atoms with E-state index in [0.717, 1.165) is 37.8 Å². The Labute approximate surface area is 130 Å². The van der Waals surface area contributed by atoms with E-state index in [2.05, 4.69) is 5.10 Å². The van der Waals surface area contributed by atoms with Crippen molar-refractivity contribution in [2.45, 2.75) is 38.0 Å². The minimum Gasteiger partial charge on any atom is -0.464 e. The number of nitrogens with zero attached hydrogens (tertiary/aromatic N) is 3. The lowest BCUT2D eigenvalue weighted by Crippen LogP contribution is -2.34. The maximum Gasteiger partial charge on any atom is 0.309 e. The fourth-order valence-corrected chi connectivity index (χ4v) is 3.09. The number of hydrogen-bond acceptors (Lipinski definition) is 4. The first kappa shape index (κ1) is 15.1. The van der Waals surface area contributed by atoms with Gasteiger partial charge in [-0.15, -0.1) is 0 Å². The molecule has 2 heterocycles. The van der Waals surface area contributed by atoms with Crippen molar-refractivity contribution in [1.29, 1.82) is 0 Å². The SMILES string of the molecule is Cn1cc(C2CC2C(=O)OCCN2CCCCCC2=O)cn1. The van der Waals surface area contributed by atoms with Gasteiger partial charge in [-0.05, 0) is 24.8 Å². The van der Waals surface area contributed by atoms with Crippen LogP contribution in [-0.2, 0) is 21.4 Å². The van der Waals surface area contributed by atoms with Crippen molar-refractivity contribution in [3.8, 4) is 0 Å². The number of amides is 1. The number of carbonyl (C=O) groups excluding carboxylic acids is 2. The molecule has 0 N–H and O–H groups in total. The van der Waals surface area contributed by atoms with Gasteiger partial charge in [0.15, 0.2) is 0 Å². The molecule has 0 aromatic carbocycles. The Bertz CT molecular complexity index is 555. The van der Waals surface area contributed by atoms with Crippen molar-refractivity contribution in [2.75, 3.05) is 19.7 Å². The molecule has 22 heavy (non-hydrogen) atoms. The summed E-state index contributed by atoms with van der Waals surface area (Å²) in [5.41, 5.74) is 1.10. The Morgan fingerprint density at radius 1 is 1.41 bits per heavy atom. The molecule has 1 saturated carbocycles. The Hall–Kier alpha value is -1.85. The van der Waals surface area contributed by atoms with E-state index in [1.54, 1.807) is 4.68 Å². The Morgan fingerprint density at radius 3 is 3.05 bits per heavy atom. The van der Waals surface area contributed by atoms with Crippen molar-refractivity contribution in [3.63, 3.8) is 0 Å². The molecule has 0 bridgehead atoms. The zero-order chi connectivity index (χ0) is 15.5.